The lowest BCUT2D eigenvalue weighted by Gasteiger charge is -2.49. The lowest BCUT2D eigenvalue weighted by Crippen LogP contribution is -2.60. The van der Waals surface area contributed by atoms with Gasteiger partial charge in [-0.2, -0.15) is 0 Å². The minimum Gasteiger partial charge on any atom is -0.497 e. The van der Waals surface area contributed by atoms with Crippen molar-refractivity contribution in [1.29, 1.82) is 0 Å². The lowest BCUT2D eigenvalue weighted by molar-refractivity contribution is -0.384. The molecule has 0 aromatic heterocycles. The summed E-state index contributed by atoms with van der Waals surface area (Å²) >= 11 is 17.9. The van der Waals surface area contributed by atoms with E-state index >= 15 is 0 Å². The van der Waals surface area contributed by atoms with Crippen LogP contribution in [0.4, 0.5) is 11.4 Å². The number of non-ortho nitro benzene ring substituents is 1. The van der Waals surface area contributed by atoms with Crippen LogP contribution in [0.3, 0.4) is 0 Å². The topological polar surface area (TPSA) is 64.8 Å². The molecule has 31 heavy (non-hydrogen) atoms. The summed E-state index contributed by atoms with van der Waals surface area (Å²) in [6.07, 6.45) is -0.489. The van der Waals surface area contributed by atoms with Gasteiger partial charge in [0, 0.05) is 22.8 Å². The van der Waals surface area contributed by atoms with Gasteiger partial charge in [0.15, 0.2) is 6.10 Å². The molecule has 0 N–H and O–H groups in total. The normalized spacial score (nSPS) is 17.8. The summed E-state index contributed by atoms with van der Waals surface area (Å²) < 4.78 is 11.4. The molecule has 0 radical (unpaired) electrons. The van der Waals surface area contributed by atoms with E-state index in [1.54, 1.807) is 37.4 Å². The summed E-state index contributed by atoms with van der Waals surface area (Å²) in [4.78, 5) is 13.1. The first-order chi connectivity index (χ1) is 14.9. The molecule has 1 aliphatic rings. The second kappa shape index (κ2) is 8.70. The molecule has 3 aromatic carbocycles. The number of thiocarbonyl (C=S) groups is 1. The van der Waals surface area contributed by atoms with Crippen LogP contribution < -0.4 is 14.4 Å². The van der Waals surface area contributed by atoms with Gasteiger partial charge in [0.25, 0.3) is 5.69 Å². The molecule has 158 valence electrons. The molecule has 1 heterocycles. The van der Waals surface area contributed by atoms with Crippen molar-refractivity contribution in [2.45, 2.75) is 12.1 Å². The van der Waals surface area contributed by atoms with Crippen LogP contribution in [0.5, 0.6) is 11.5 Å². The van der Waals surface area contributed by atoms with Gasteiger partial charge in [0.05, 0.1) is 17.1 Å². The molecule has 0 saturated carbocycles. The minimum absolute atomic E-state index is 0.0138. The number of nitro groups is 1. The van der Waals surface area contributed by atoms with Crippen LogP contribution >= 0.6 is 35.4 Å². The predicted molar refractivity (Wildman–Crippen MR) is 125 cm³/mol. The van der Waals surface area contributed by atoms with Gasteiger partial charge in [-0.25, -0.2) is 0 Å². The molecule has 1 saturated heterocycles. The van der Waals surface area contributed by atoms with E-state index in [4.69, 9.17) is 44.9 Å². The molecule has 0 amide bonds. The molecule has 6 nitrogen and oxygen atoms in total. The van der Waals surface area contributed by atoms with Crippen molar-refractivity contribution in [3.63, 3.8) is 0 Å². The molecule has 2 atom stereocenters. The smallest absolute Gasteiger partial charge is 0.269 e. The molecular weight excluding hydrogens is 459 g/mol. The summed E-state index contributed by atoms with van der Waals surface area (Å²) in [5.74, 6) is 1.18. The number of ether oxygens (including phenoxy) is 2. The first-order valence-corrected chi connectivity index (χ1v) is 10.4. The van der Waals surface area contributed by atoms with Gasteiger partial charge in [-0.1, -0.05) is 35.4 Å². The molecule has 0 aliphatic carbocycles. The summed E-state index contributed by atoms with van der Waals surface area (Å²) in [7, 11) is 1.60. The first-order valence-electron chi connectivity index (χ1n) is 9.22. The van der Waals surface area contributed by atoms with Crippen LogP contribution in [0.15, 0.2) is 66.7 Å². The third-order valence-electron chi connectivity index (χ3n) is 4.99. The number of nitrogens with zero attached hydrogens (tertiary/aromatic N) is 2. The Morgan fingerprint density at radius 1 is 1.03 bits per heavy atom. The van der Waals surface area contributed by atoms with Crippen LogP contribution in [0.25, 0.3) is 0 Å². The van der Waals surface area contributed by atoms with Crippen LogP contribution in [0, 0.1) is 10.1 Å². The minimum atomic E-state index is -0.489. The Kier molecular flexibility index (Phi) is 6.00. The molecule has 0 unspecified atom stereocenters. The highest BCUT2D eigenvalue weighted by Gasteiger charge is 2.48. The Morgan fingerprint density at radius 3 is 2.29 bits per heavy atom. The number of nitro benzene ring substituents is 1. The van der Waals surface area contributed by atoms with Gasteiger partial charge >= 0.3 is 0 Å². The highest BCUT2D eigenvalue weighted by molar-refractivity contribution is 7.80. The number of benzene rings is 3. The number of methoxy groups -OCH3 is 1. The van der Waals surface area contributed by atoms with Crippen molar-refractivity contribution < 1.29 is 14.4 Å². The Labute approximate surface area is 194 Å². The van der Waals surface area contributed by atoms with Gasteiger partial charge in [0.2, 0.25) is 0 Å². The zero-order chi connectivity index (χ0) is 22.1. The Hall–Kier alpha value is -2.87. The molecule has 1 fully saturated rings. The van der Waals surface area contributed by atoms with Crippen molar-refractivity contribution in [1.82, 2.24) is 0 Å². The van der Waals surface area contributed by atoms with Crippen molar-refractivity contribution in [2.24, 2.45) is 0 Å². The third-order valence-corrected chi connectivity index (χ3v) is 5.95. The van der Waals surface area contributed by atoms with Crippen LogP contribution in [-0.4, -0.2) is 23.1 Å². The van der Waals surface area contributed by atoms with E-state index in [1.807, 2.05) is 29.2 Å². The highest BCUT2D eigenvalue weighted by atomic mass is 35.5. The van der Waals surface area contributed by atoms with Gasteiger partial charge in [0.1, 0.15) is 22.5 Å². The summed E-state index contributed by atoms with van der Waals surface area (Å²) in [6, 6.07) is 18.5. The maximum absolute atomic E-state index is 11.0. The molecule has 4 rings (SSSR count). The largest absolute Gasteiger partial charge is 0.497 e. The van der Waals surface area contributed by atoms with E-state index in [-0.39, 0.29) is 11.7 Å². The second-order valence-electron chi connectivity index (χ2n) is 6.81. The molecule has 0 bridgehead atoms. The first kappa shape index (κ1) is 21.4. The molecule has 9 heteroatoms. The van der Waals surface area contributed by atoms with Crippen molar-refractivity contribution in [3.8, 4) is 11.5 Å². The van der Waals surface area contributed by atoms with Crippen LogP contribution in [-0.2, 0) is 0 Å². The summed E-state index contributed by atoms with van der Waals surface area (Å²) in [6.45, 7) is 0. The summed E-state index contributed by atoms with van der Waals surface area (Å²) in [5.41, 5.74) is 1.70. The van der Waals surface area contributed by atoms with E-state index < -0.39 is 11.0 Å². The van der Waals surface area contributed by atoms with Crippen LogP contribution in [0.1, 0.15) is 11.6 Å². The molecular formula is C22H16Cl2N2O4S. The maximum atomic E-state index is 11.0. The average molecular weight is 475 g/mol. The fourth-order valence-electron chi connectivity index (χ4n) is 3.43. The lowest BCUT2D eigenvalue weighted by atomic mass is 9.90. The van der Waals surface area contributed by atoms with Crippen molar-refractivity contribution in [3.05, 3.63) is 92.5 Å². The van der Waals surface area contributed by atoms with Crippen molar-refractivity contribution in [2.75, 3.05) is 12.0 Å². The van der Waals surface area contributed by atoms with E-state index in [1.165, 1.54) is 12.1 Å². The quantitative estimate of drug-likeness (QED) is 0.239. The van der Waals surface area contributed by atoms with Gasteiger partial charge < -0.3 is 14.4 Å². The highest BCUT2D eigenvalue weighted by Crippen LogP contribution is 2.44. The Balaban J connectivity index is 1.69. The van der Waals surface area contributed by atoms with E-state index in [0.717, 1.165) is 17.0 Å². The Morgan fingerprint density at radius 2 is 1.71 bits per heavy atom. The standard InChI is InChI=1S/C22H16Cl2N2O4S/c1-29-17-9-7-15(8-10-17)25-20(13-2-5-16(6-3-13)26(27)28)21(22(25)31)30-19-11-4-14(23)12-18(19)24/h2-12,20-21H,1H3/t20-,21+/m1/s1. The van der Waals surface area contributed by atoms with Gasteiger partial charge in [-0.05, 0) is 60.2 Å². The molecule has 3 aromatic rings. The number of halogens is 2. The van der Waals surface area contributed by atoms with Crippen molar-refractivity contribution >= 4 is 51.8 Å². The number of hydrogen-bond acceptors (Lipinski definition) is 5. The predicted octanol–water partition coefficient (Wildman–Crippen LogP) is 6.25. The zero-order valence-corrected chi connectivity index (χ0v) is 18.5. The Bertz CT molecular complexity index is 1140. The number of rotatable bonds is 6. The fraction of sp³-hybridized carbons (Fsp3) is 0.136. The monoisotopic (exact) mass is 474 g/mol. The van der Waals surface area contributed by atoms with E-state index in [9.17, 15) is 10.1 Å². The molecule has 0 spiro atoms. The summed E-state index contributed by atoms with van der Waals surface area (Å²) in [5, 5.41) is 11.9. The maximum Gasteiger partial charge on any atom is 0.269 e. The second-order valence-corrected chi connectivity index (χ2v) is 8.07. The number of hydrogen-bond donors (Lipinski definition) is 0. The van der Waals surface area contributed by atoms with Gasteiger partial charge in [-0.3, -0.25) is 10.1 Å². The fourth-order valence-corrected chi connectivity index (χ4v) is 4.28. The third kappa shape index (κ3) is 4.17. The molecule has 1 aliphatic heterocycles. The zero-order valence-electron chi connectivity index (χ0n) is 16.2. The van der Waals surface area contributed by atoms with E-state index in [2.05, 4.69) is 0 Å². The van der Waals surface area contributed by atoms with Crippen LogP contribution in [0.2, 0.25) is 10.0 Å². The average Bonchev–Trinajstić information content (AvgIpc) is 2.77. The van der Waals surface area contributed by atoms with E-state index in [0.29, 0.717) is 20.8 Å². The number of anilines is 1. The van der Waals surface area contributed by atoms with Gasteiger partial charge in [-0.15, -0.1) is 0 Å². The SMILES string of the molecule is COc1ccc(N2C(=S)[C@@H](Oc3ccc(Cl)cc3Cl)[C@H]2c2ccc([N+](=O)[O-])cc2)cc1.